The number of halogens is 2. The lowest BCUT2D eigenvalue weighted by molar-refractivity contribution is -0.136. The zero-order valence-corrected chi connectivity index (χ0v) is 13.6. The minimum Gasteiger partial charge on any atom is -0.348 e. The maximum atomic E-state index is 11.8. The van der Waals surface area contributed by atoms with Crippen LogP contribution in [0.1, 0.15) is 32.1 Å². The second-order valence-electron chi connectivity index (χ2n) is 5.23. The molecule has 0 spiro atoms. The van der Waals surface area contributed by atoms with Crippen molar-refractivity contribution in [3.8, 4) is 0 Å². The maximum absolute atomic E-state index is 11.8. The zero-order chi connectivity index (χ0) is 15.9. The molecule has 4 nitrogen and oxygen atoms in total. The van der Waals surface area contributed by atoms with Crippen molar-refractivity contribution < 1.29 is 9.59 Å². The van der Waals surface area contributed by atoms with E-state index in [-0.39, 0.29) is 0 Å². The molecule has 2 rings (SSSR count). The van der Waals surface area contributed by atoms with Crippen LogP contribution in [0.25, 0.3) is 0 Å². The molecule has 1 aliphatic carbocycles. The molecule has 0 saturated heterocycles. The second-order valence-corrected chi connectivity index (χ2v) is 6.10. The first-order valence-electron chi connectivity index (χ1n) is 7.28. The summed E-state index contributed by atoms with van der Waals surface area (Å²) in [4.78, 5) is 23.5. The molecular formula is C16H18Cl2N2O2. The van der Waals surface area contributed by atoms with Gasteiger partial charge in [0.25, 0.3) is 0 Å². The van der Waals surface area contributed by atoms with E-state index in [1.807, 2.05) is 0 Å². The molecule has 0 unspecified atom stereocenters. The fourth-order valence-corrected chi connectivity index (χ4v) is 2.89. The van der Waals surface area contributed by atoms with Gasteiger partial charge in [0, 0.05) is 22.3 Å². The van der Waals surface area contributed by atoms with Crippen LogP contribution in [-0.2, 0) is 9.59 Å². The smallest absolute Gasteiger partial charge is 0.313 e. The van der Waals surface area contributed by atoms with Gasteiger partial charge in [-0.1, -0.05) is 34.9 Å². The van der Waals surface area contributed by atoms with Gasteiger partial charge in [-0.05, 0) is 50.3 Å². The normalized spacial score (nSPS) is 14.2. The third-order valence-corrected chi connectivity index (χ3v) is 3.88. The summed E-state index contributed by atoms with van der Waals surface area (Å²) in [7, 11) is 0. The first kappa shape index (κ1) is 16.8. The van der Waals surface area contributed by atoms with Gasteiger partial charge in [-0.15, -0.1) is 0 Å². The van der Waals surface area contributed by atoms with E-state index >= 15 is 0 Å². The molecule has 1 aromatic rings. The quantitative estimate of drug-likeness (QED) is 0.644. The Labute approximate surface area is 139 Å². The van der Waals surface area contributed by atoms with Crippen molar-refractivity contribution in [1.29, 1.82) is 0 Å². The van der Waals surface area contributed by atoms with Crippen LogP contribution >= 0.6 is 23.2 Å². The molecule has 2 N–H and O–H groups in total. The number of amides is 2. The summed E-state index contributed by atoms with van der Waals surface area (Å²) in [5.74, 6) is -1.39. The molecule has 0 atom stereocenters. The topological polar surface area (TPSA) is 58.2 Å². The lowest BCUT2D eigenvalue weighted by Gasteiger charge is -2.13. The highest BCUT2D eigenvalue weighted by Gasteiger charge is 2.14. The third kappa shape index (κ3) is 5.35. The van der Waals surface area contributed by atoms with Crippen LogP contribution in [0.5, 0.6) is 0 Å². The van der Waals surface area contributed by atoms with E-state index in [9.17, 15) is 9.59 Å². The van der Waals surface area contributed by atoms with Crippen LogP contribution in [0.2, 0.25) is 10.0 Å². The van der Waals surface area contributed by atoms with Gasteiger partial charge < -0.3 is 10.6 Å². The molecule has 0 aromatic heterocycles. The molecule has 1 aliphatic rings. The van der Waals surface area contributed by atoms with Gasteiger partial charge in [0.15, 0.2) is 0 Å². The molecular weight excluding hydrogens is 323 g/mol. The summed E-state index contributed by atoms with van der Waals surface area (Å²) in [6.45, 7) is 0.467. The summed E-state index contributed by atoms with van der Waals surface area (Å²) in [6.07, 6.45) is 7.66. The standard InChI is InChI=1S/C16H18Cl2N2O2/c17-12-8-13(18)10-14(9-12)20-16(22)15(21)19-7-6-11-4-2-1-3-5-11/h4,8-10H,1-3,5-7H2,(H,19,21)(H,20,22). The van der Waals surface area contributed by atoms with E-state index in [1.54, 1.807) is 6.07 Å². The van der Waals surface area contributed by atoms with Gasteiger partial charge in [0.1, 0.15) is 0 Å². The van der Waals surface area contributed by atoms with E-state index in [4.69, 9.17) is 23.2 Å². The number of carbonyl (C=O) groups excluding carboxylic acids is 2. The number of hydrogen-bond donors (Lipinski definition) is 2. The molecule has 0 fully saturated rings. The van der Waals surface area contributed by atoms with E-state index in [1.165, 1.54) is 30.5 Å². The highest BCUT2D eigenvalue weighted by molar-refractivity contribution is 6.40. The highest BCUT2D eigenvalue weighted by atomic mass is 35.5. The van der Waals surface area contributed by atoms with E-state index < -0.39 is 11.8 Å². The molecule has 0 radical (unpaired) electrons. The highest BCUT2D eigenvalue weighted by Crippen LogP contribution is 2.22. The van der Waals surface area contributed by atoms with Crippen LogP contribution in [0.3, 0.4) is 0 Å². The fourth-order valence-electron chi connectivity index (χ4n) is 2.36. The van der Waals surface area contributed by atoms with Gasteiger partial charge in [-0.25, -0.2) is 0 Å². The largest absolute Gasteiger partial charge is 0.348 e. The molecule has 6 heteroatoms. The number of nitrogens with one attached hydrogen (secondary N) is 2. The van der Waals surface area contributed by atoms with Crippen molar-refractivity contribution in [3.63, 3.8) is 0 Å². The fraction of sp³-hybridized carbons (Fsp3) is 0.375. The summed E-state index contributed by atoms with van der Waals surface area (Å²) in [5.41, 5.74) is 1.75. The molecule has 0 saturated carbocycles. The van der Waals surface area contributed by atoms with E-state index in [0.29, 0.717) is 22.3 Å². The first-order valence-corrected chi connectivity index (χ1v) is 8.03. The van der Waals surface area contributed by atoms with Crippen LogP contribution in [0, 0.1) is 0 Å². The first-order chi connectivity index (χ1) is 10.5. The SMILES string of the molecule is O=C(NCCC1=CCCCC1)C(=O)Nc1cc(Cl)cc(Cl)c1. The number of anilines is 1. The summed E-state index contributed by atoms with van der Waals surface area (Å²) in [5, 5.41) is 5.89. The summed E-state index contributed by atoms with van der Waals surface area (Å²) in [6, 6.07) is 4.62. The third-order valence-electron chi connectivity index (χ3n) is 3.44. The van der Waals surface area contributed by atoms with Gasteiger partial charge in [0.05, 0.1) is 0 Å². The van der Waals surface area contributed by atoms with Crippen molar-refractivity contribution in [3.05, 3.63) is 39.9 Å². The monoisotopic (exact) mass is 340 g/mol. The lowest BCUT2D eigenvalue weighted by atomic mass is 9.97. The number of allylic oxidation sites excluding steroid dienone is 1. The Hall–Kier alpha value is -1.52. The number of rotatable bonds is 4. The Morgan fingerprint density at radius 1 is 1.05 bits per heavy atom. The van der Waals surface area contributed by atoms with Crippen molar-refractivity contribution in [1.82, 2.24) is 5.32 Å². The van der Waals surface area contributed by atoms with Gasteiger partial charge >= 0.3 is 11.8 Å². The number of carbonyl (C=O) groups is 2. The van der Waals surface area contributed by atoms with Crippen molar-refractivity contribution in [2.75, 3.05) is 11.9 Å². The Morgan fingerprint density at radius 2 is 1.77 bits per heavy atom. The lowest BCUT2D eigenvalue weighted by Crippen LogP contribution is -2.36. The zero-order valence-electron chi connectivity index (χ0n) is 12.1. The Kier molecular flexibility index (Phi) is 6.28. The van der Waals surface area contributed by atoms with Gasteiger partial charge in [0.2, 0.25) is 0 Å². The van der Waals surface area contributed by atoms with Crippen LogP contribution in [0.15, 0.2) is 29.8 Å². The Balaban J connectivity index is 1.79. The van der Waals surface area contributed by atoms with Crippen molar-refractivity contribution >= 4 is 40.7 Å². The van der Waals surface area contributed by atoms with Crippen LogP contribution < -0.4 is 10.6 Å². The Morgan fingerprint density at radius 3 is 2.41 bits per heavy atom. The second kappa shape index (κ2) is 8.20. The van der Waals surface area contributed by atoms with Crippen LogP contribution in [-0.4, -0.2) is 18.4 Å². The molecule has 118 valence electrons. The minimum absolute atomic E-state index is 0.396. The summed E-state index contributed by atoms with van der Waals surface area (Å²) >= 11 is 11.7. The van der Waals surface area contributed by atoms with Gasteiger partial charge in [-0.2, -0.15) is 0 Å². The predicted molar refractivity (Wildman–Crippen MR) is 89.3 cm³/mol. The van der Waals surface area contributed by atoms with Crippen molar-refractivity contribution in [2.45, 2.75) is 32.1 Å². The molecule has 1 aromatic carbocycles. The van der Waals surface area contributed by atoms with E-state index in [2.05, 4.69) is 16.7 Å². The molecule has 0 bridgehead atoms. The van der Waals surface area contributed by atoms with Crippen LogP contribution in [0.4, 0.5) is 5.69 Å². The Bertz CT molecular complexity index is 580. The summed E-state index contributed by atoms with van der Waals surface area (Å²) < 4.78 is 0. The molecule has 2 amide bonds. The average Bonchev–Trinajstić information content (AvgIpc) is 2.47. The average molecular weight is 341 g/mol. The van der Waals surface area contributed by atoms with Crippen molar-refractivity contribution in [2.24, 2.45) is 0 Å². The number of hydrogen-bond acceptors (Lipinski definition) is 2. The maximum Gasteiger partial charge on any atom is 0.313 e. The number of benzene rings is 1. The molecule has 0 aliphatic heterocycles. The minimum atomic E-state index is -0.726. The predicted octanol–water partition coefficient (Wildman–Crippen LogP) is 3.94. The van der Waals surface area contributed by atoms with E-state index in [0.717, 1.165) is 19.3 Å². The van der Waals surface area contributed by atoms with Gasteiger partial charge in [-0.3, -0.25) is 9.59 Å². The molecule has 0 heterocycles. The molecule has 22 heavy (non-hydrogen) atoms.